The third kappa shape index (κ3) is 10.4. The van der Waals surface area contributed by atoms with Crippen molar-refractivity contribution in [1.29, 1.82) is 0 Å². The largest absolute Gasteiger partial charge is 0.459 e. The Morgan fingerprint density at radius 2 is 1.33 bits per heavy atom. The Bertz CT molecular complexity index is 906. The van der Waals surface area contributed by atoms with Crippen molar-refractivity contribution in [3.8, 4) is 0 Å². The smallest absolute Gasteiger partial charge is 0.338 e. The molecule has 4 atom stereocenters. The summed E-state index contributed by atoms with van der Waals surface area (Å²) in [6.07, 6.45) is 11.9. The van der Waals surface area contributed by atoms with Crippen LogP contribution in [0.15, 0.2) is 72.8 Å². The van der Waals surface area contributed by atoms with E-state index < -0.39 is 6.10 Å². The minimum atomic E-state index is -0.390. The third-order valence-electron chi connectivity index (χ3n) is 6.58. The minimum Gasteiger partial charge on any atom is -0.459 e. The summed E-state index contributed by atoms with van der Waals surface area (Å²) in [4.78, 5) is 25.9. The van der Waals surface area contributed by atoms with Crippen molar-refractivity contribution in [3.05, 3.63) is 83.9 Å². The van der Waals surface area contributed by atoms with Gasteiger partial charge in [-0.05, 0) is 62.8 Å². The Morgan fingerprint density at radius 3 is 1.89 bits per heavy atom. The number of esters is 2. The van der Waals surface area contributed by atoms with Crippen LogP contribution in [0.3, 0.4) is 0 Å². The number of ether oxygens (including phenoxy) is 2. The highest BCUT2D eigenvalue weighted by atomic mass is 16.6. The highest BCUT2D eigenvalue weighted by Crippen LogP contribution is 2.29. The number of carbonyl (C=O) groups excluding carboxylic acids is 2. The van der Waals surface area contributed by atoms with Gasteiger partial charge in [-0.1, -0.05) is 95.0 Å². The van der Waals surface area contributed by atoms with Crippen LogP contribution in [-0.4, -0.2) is 24.1 Å². The third-order valence-corrected chi connectivity index (χ3v) is 6.58. The summed E-state index contributed by atoms with van der Waals surface area (Å²) in [5.41, 5.74) is 1.06. The molecule has 4 heteroatoms. The first-order valence-corrected chi connectivity index (χ1v) is 13.6. The summed E-state index contributed by atoms with van der Waals surface area (Å²) in [6.45, 7) is 8.44. The Hall–Kier alpha value is -2.88. The summed E-state index contributed by atoms with van der Waals surface area (Å²) in [5, 5.41) is 0. The zero-order valence-corrected chi connectivity index (χ0v) is 22.5. The SMILES string of the molecule is CCCCCC=CC(C)CC(OC(=O)c1ccccc1)C(CCCC)C(C)OC(=O)c1ccccc1. The number of rotatable bonds is 16. The molecule has 0 N–H and O–H groups in total. The maximum Gasteiger partial charge on any atom is 0.338 e. The van der Waals surface area contributed by atoms with Gasteiger partial charge in [-0.3, -0.25) is 0 Å². The molecule has 0 amide bonds. The first-order valence-electron chi connectivity index (χ1n) is 13.6. The highest BCUT2D eigenvalue weighted by Gasteiger charge is 2.33. The second-order valence-electron chi connectivity index (χ2n) is 9.73. The van der Waals surface area contributed by atoms with E-state index in [1.807, 2.05) is 43.3 Å². The predicted octanol–water partition coefficient (Wildman–Crippen LogP) is 8.43. The second-order valence-corrected chi connectivity index (χ2v) is 9.73. The summed E-state index contributed by atoms with van der Waals surface area (Å²) in [5.74, 6) is -0.535. The second kappa shape index (κ2) is 16.7. The number of unbranched alkanes of at least 4 members (excludes halogenated alkanes) is 4. The average Bonchev–Trinajstić information content (AvgIpc) is 2.89. The molecule has 0 bridgehead atoms. The van der Waals surface area contributed by atoms with E-state index in [-0.39, 0.29) is 29.9 Å². The Balaban J connectivity index is 2.21. The first kappa shape index (κ1) is 29.4. The van der Waals surface area contributed by atoms with Gasteiger partial charge >= 0.3 is 11.9 Å². The van der Waals surface area contributed by atoms with E-state index in [9.17, 15) is 9.59 Å². The van der Waals surface area contributed by atoms with Crippen LogP contribution >= 0.6 is 0 Å². The number of allylic oxidation sites excluding steroid dienone is 2. The van der Waals surface area contributed by atoms with Gasteiger partial charge in [0.15, 0.2) is 0 Å². The van der Waals surface area contributed by atoms with E-state index in [2.05, 4.69) is 32.9 Å². The molecule has 0 saturated carbocycles. The maximum absolute atomic E-state index is 13.1. The summed E-state index contributed by atoms with van der Waals surface area (Å²) < 4.78 is 12.1. The molecule has 0 aliphatic rings. The van der Waals surface area contributed by atoms with E-state index in [1.165, 1.54) is 19.3 Å². The molecule has 0 spiro atoms. The van der Waals surface area contributed by atoms with E-state index in [0.717, 1.165) is 25.7 Å². The van der Waals surface area contributed by atoms with E-state index in [1.54, 1.807) is 24.3 Å². The van der Waals surface area contributed by atoms with Gasteiger partial charge < -0.3 is 9.47 Å². The van der Waals surface area contributed by atoms with Crippen molar-refractivity contribution >= 4 is 11.9 Å². The van der Waals surface area contributed by atoms with Crippen LogP contribution in [0, 0.1) is 11.8 Å². The van der Waals surface area contributed by atoms with Crippen LogP contribution in [0.4, 0.5) is 0 Å². The molecule has 0 aliphatic carbocycles. The molecular formula is C32H44O4. The van der Waals surface area contributed by atoms with Gasteiger partial charge in [-0.25, -0.2) is 9.59 Å². The fourth-order valence-electron chi connectivity index (χ4n) is 4.44. The van der Waals surface area contributed by atoms with Crippen molar-refractivity contribution in [2.24, 2.45) is 11.8 Å². The van der Waals surface area contributed by atoms with Gasteiger partial charge in [0.1, 0.15) is 12.2 Å². The number of carbonyl (C=O) groups is 2. The Labute approximate surface area is 218 Å². The molecule has 0 heterocycles. The molecular weight excluding hydrogens is 448 g/mol. The van der Waals surface area contributed by atoms with Gasteiger partial charge in [-0.2, -0.15) is 0 Å². The topological polar surface area (TPSA) is 52.6 Å². The summed E-state index contributed by atoms with van der Waals surface area (Å²) in [7, 11) is 0. The van der Waals surface area contributed by atoms with Crippen LogP contribution in [0.1, 0.15) is 99.8 Å². The zero-order chi connectivity index (χ0) is 26.2. The molecule has 2 aromatic carbocycles. The summed E-state index contributed by atoms with van der Waals surface area (Å²) in [6, 6.07) is 18.2. The molecule has 0 aliphatic heterocycles. The standard InChI is InChI=1S/C32H44O4/c1-5-7-9-10-13-18-25(3)24-30(36-32(34)28-21-16-12-17-22-28)29(23-8-6-2)26(4)35-31(33)27-19-14-11-15-20-27/h11-22,25-26,29-30H,5-10,23-24H2,1-4H3. The molecule has 0 aromatic heterocycles. The van der Waals surface area contributed by atoms with Crippen LogP contribution in [0.5, 0.6) is 0 Å². The summed E-state index contributed by atoms with van der Waals surface area (Å²) >= 11 is 0. The van der Waals surface area contributed by atoms with Crippen molar-refractivity contribution < 1.29 is 19.1 Å². The van der Waals surface area contributed by atoms with Crippen LogP contribution in [0.2, 0.25) is 0 Å². The van der Waals surface area contributed by atoms with E-state index in [4.69, 9.17) is 9.47 Å². The number of hydrogen-bond donors (Lipinski definition) is 0. The Morgan fingerprint density at radius 1 is 0.778 bits per heavy atom. The van der Waals surface area contributed by atoms with Crippen LogP contribution < -0.4 is 0 Å². The molecule has 0 saturated heterocycles. The van der Waals surface area contributed by atoms with Crippen molar-refractivity contribution in [2.75, 3.05) is 0 Å². The first-order chi connectivity index (χ1) is 17.5. The fourth-order valence-corrected chi connectivity index (χ4v) is 4.44. The van der Waals surface area contributed by atoms with E-state index >= 15 is 0 Å². The molecule has 2 rings (SSSR count). The highest BCUT2D eigenvalue weighted by molar-refractivity contribution is 5.90. The van der Waals surface area contributed by atoms with Gasteiger partial charge in [0.05, 0.1) is 11.1 Å². The minimum absolute atomic E-state index is 0.0961. The number of benzene rings is 2. The lowest BCUT2D eigenvalue weighted by Gasteiger charge is -2.32. The molecule has 36 heavy (non-hydrogen) atoms. The molecule has 4 nitrogen and oxygen atoms in total. The lowest BCUT2D eigenvalue weighted by Crippen LogP contribution is -2.37. The van der Waals surface area contributed by atoms with E-state index in [0.29, 0.717) is 17.5 Å². The molecule has 2 aromatic rings. The fraction of sp³-hybridized carbons (Fsp3) is 0.500. The zero-order valence-electron chi connectivity index (χ0n) is 22.5. The van der Waals surface area contributed by atoms with Crippen LogP contribution in [-0.2, 0) is 9.47 Å². The van der Waals surface area contributed by atoms with Crippen molar-refractivity contribution in [3.63, 3.8) is 0 Å². The lowest BCUT2D eigenvalue weighted by atomic mass is 9.85. The van der Waals surface area contributed by atoms with Gasteiger partial charge in [-0.15, -0.1) is 0 Å². The monoisotopic (exact) mass is 492 g/mol. The van der Waals surface area contributed by atoms with Crippen molar-refractivity contribution in [1.82, 2.24) is 0 Å². The van der Waals surface area contributed by atoms with Crippen molar-refractivity contribution in [2.45, 2.75) is 91.3 Å². The quantitative estimate of drug-likeness (QED) is 0.134. The maximum atomic E-state index is 13.1. The van der Waals surface area contributed by atoms with Gasteiger partial charge in [0.2, 0.25) is 0 Å². The van der Waals surface area contributed by atoms with Crippen LogP contribution in [0.25, 0.3) is 0 Å². The lowest BCUT2D eigenvalue weighted by molar-refractivity contribution is -0.0354. The van der Waals surface area contributed by atoms with Gasteiger partial charge in [0.25, 0.3) is 0 Å². The van der Waals surface area contributed by atoms with Gasteiger partial charge in [0, 0.05) is 5.92 Å². The molecule has 4 unspecified atom stereocenters. The average molecular weight is 493 g/mol. The molecule has 0 fully saturated rings. The predicted molar refractivity (Wildman–Crippen MR) is 147 cm³/mol. The Kier molecular flexibility index (Phi) is 13.6. The number of hydrogen-bond acceptors (Lipinski definition) is 4. The molecule has 196 valence electrons. The molecule has 0 radical (unpaired) electrons. The normalized spacial score (nSPS) is 14.7.